The fourth-order valence-electron chi connectivity index (χ4n) is 1.72. The number of nitrogens with zero attached hydrogens (tertiary/aromatic N) is 1. The first-order valence-corrected chi connectivity index (χ1v) is 4.90. The standard InChI is InChI=1S/C10H21NO/c1-4-9-5-11(6-9)7-10(2,3)8-12/h9,12H,4-8H2,1-3H3. The molecule has 0 aliphatic carbocycles. The molecule has 0 saturated carbocycles. The monoisotopic (exact) mass is 171 g/mol. The zero-order chi connectivity index (χ0) is 9.19. The lowest BCUT2D eigenvalue weighted by Crippen LogP contribution is -2.50. The zero-order valence-corrected chi connectivity index (χ0v) is 8.51. The smallest absolute Gasteiger partial charge is 0.0494 e. The summed E-state index contributed by atoms with van der Waals surface area (Å²) in [5.74, 6) is 0.916. The Balaban J connectivity index is 2.18. The van der Waals surface area contributed by atoms with Gasteiger partial charge >= 0.3 is 0 Å². The summed E-state index contributed by atoms with van der Waals surface area (Å²) in [6.07, 6.45) is 1.30. The van der Waals surface area contributed by atoms with E-state index in [1.807, 2.05) is 0 Å². The van der Waals surface area contributed by atoms with E-state index in [1.165, 1.54) is 19.5 Å². The minimum atomic E-state index is 0.0821. The summed E-state index contributed by atoms with van der Waals surface area (Å²) < 4.78 is 0. The van der Waals surface area contributed by atoms with Crippen LogP contribution < -0.4 is 0 Å². The molecule has 12 heavy (non-hydrogen) atoms. The molecule has 0 atom stereocenters. The maximum absolute atomic E-state index is 9.06. The van der Waals surface area contributed by atoms with Gasteiger partial charge in [0.05, 0.1) is 0 Å². The van der Waals surface area contributed by atoms with E-state index < -0.39 is 0 Å². The van der Waals surface area contributed by atoms with Gasteiger partial charge in [0.1, 0.15) is 0 Å². The van der Waals surface area contributed by atoms with Crippen LogP contribution in [0.15, 0.2) is 0 Å². The van der Waals surface area contributed by atoms with Crippen molar-refractivity contribution in [3.63, 3.8) is 0 Å². The van der Waals surface area contributed by atoms with Gasteiger partial charge in [-0.1, -0.05) is 27.2 Å². The molecule has 0 radical (unpaired) electrons. The van der Waals surface area contributed by atoms with Crippen molar-refractivity contribution in [1.82, 2.24) is 4.90 Å². The van der Waals surface area contributed by atoms with Gasteiger partial charge in [-0.3, -0.25) is 0 Å². The molecule has 2 nitrogen and oxygen atoms in total. The highest BCUT2D eigenvalue weighted by Crippen LogP contribution is 2.24. The van der Waals surface area contributed by atoms with Crippen LogP contribution in [-0.2, 0) is 0 Å². The zero-order valence-electron chi connectivity index (χ0n) is 8.51. The molecule has 1 fully saturated rings. The molecule has 72 valence electrons. The van der Waals surface area contributed by atoms with E-state index >= 15 is 0 Å². The first-order chi connectivity index (χ1) is 5.57. The predicted octanol–water partition coefficient (Wildman–Crippen LogP) is 1.35. The average molecular weight is 171 g/mol. The minimum absolute atomic E-state index is 0.0821. The number of aliphatic hydroxyl groups excluding tert-OH is 1. The number of rotatable bonds is 4. The molecule has 0 aromatic carbocycles. The molecule has 2 heteroatoms. The van der Waals surface area contributed by atoms with Gasteiger partial charge in [-0.25, -0.2) is 0 Å². The Hall–Kier alpha value is -0.0800. The highest BCUT2D eigenvalue weighted by molar-refractivity contribution is 4.83. The van der Waals surface area contributed by atoms with Crippen molar-refractivity contribution in [2.75, 3.05) is 26.2 Å². The molecule has 0 unspecified atom stereocenters. The fourth-order valence-corrected chi connectivity index (χ4v) is 1.72. The third-order valence-corrected chi connectivity index (χ3v) is 2.69. The second-order valence-corrected chi connectivity index (χ2v) is 4.79. The van der Waals surface area contributed by atoms with Gasteiger partial charge in [0, 0.05) is 31.7 Å². The summed E-state index contributed by atoms with van der Waals surface area (Å²) in [6.45, 7) is 10.3. The van der Waals surface area contributed by atoms with Crippen molar-refractivity contribution in [3.05, 3.63) is 0 Å². The third-order valence-electron chi connectivity index (χ3n) is 2.69. The van der Waals surface area contributed by atoms with Gasteiger partial charge in [-0.05, 0) is 5.92 Å². The Morgan fingerprint density at radius 2 is 2.00 bits per heavy atom. The van der Waals surface area contributed by atoms with Crippen molar-refractivity contribution in [2.24, 2.45) is 11.3 Å². The van der Waals surface area contributed by atoms with Crippen LogP contribution in [0.25, 0.3) is 0 Å². The van der Waals surface area contributed by atoms with Crippen LogP contribution in [0, 0.1) is 11.3 Å². The fraction of sp³-hybridized carbons (Fsp3) is 1.00. The van der Waals surface area contributed by atoms with Gasteiger partial charge < -0.3 is 10.0 Å². The lowest BCUT2D eigenvalue weighted by Gasteiger charge is -2.42. The number of hydrogen-bond acceptors (Lipinski definition) is 2. The summed E-state index contributed by atoms with van der Waals surface area (Å²) in [5, 5.41) is 9.06. The van der Waals surface area contributed by atoms with Crippen LogP contribution in [0.5, 0.6) is 0 Å². The van der Waals surface area contributed by atoms with Gasteiger partial charge in [0.15, 0.2) is 0 Å². The number of hydrogen-bond donors (Lipinski definition) is 1. The van der Waals surface area contributed by atoms with Crippen molar-refractivity contribution in [1.29, 1.82) is 0 Å². The van der Waals surface area contributed by atoms with E-state index in [4.69, 9.17) is 5.11 Å². The van der Waals surface area contributed by atoms with E-state index in [0.717, 1.165) is 12.5 Å². The molecule has 0 amide bonds. The van der Waals surface area contributed by atoms with Crippen molar-refractivity contribution in [3.8, 4) is 0 Å². The highest BCUT2D eigenvalue weighted by Gasteiger charge is 2.29. The van der Waals surface area contributed by atoms with Crippen LogP contribution in [0.4, 0.5) is 0 Å². The minimum Gasteiger partial charge on any atom is -0.396 e. The number of likely N-dealkylation sites (tertiary alicyclic amines) is 1. The molecule has 1 saturated heterocycles. The van der Waals surface area contributed by atoms with E-state index in [1.54, 1.807) is 0 Å². The average Bonchev–Trinajstić information content (AvgIpc) is 1.96. The molecular weight excluding hydrogens is 150 g/mol. The Kier molecular flexibility index (Phi) is 3.13. The van der Waals surface area contributed by atoms with Gasteiger partial charge in [0.25, 0.3) is 0 Å². The molecule has 1 heterocycles. The second-order valence-electron chi connectivity index (χ2n) is 4.79. The molecule has 1 N–H and O–H groups in total. The number of aliphatic hydroxyl groups is 1. The first-order valence-electron chi connectivity index (χ1n) is 4.90. The van der Waals surface area contributed by atoms with Crippen LogP contribution >= 0.6 is 0 Å². The second kappa shape index (κ2) is 3.75. The molecular formula is C10H21NO. The van der Waals surface area contributed by atoms with E-state index in [-0.39, 0.29) is 5.41 Å². The molecule has 0 aromatic rings. The van der Waals surface area contributed by atoms with Crippen LogP contribution in [0.2, 0.25) is 0 Å². The van der Waals surface area contributed by atoms with E-state index in [9.17, 15) is 0 Å². The summed E-state index contributed by atoms with van der Waals surface area (Å²) in [6, 6.07) is 0. The van der Waals surface area contributed by atoms with Crippen LogP contribution in [0.1, 0.15) is 27.2 Å². The topological polar surface area (TPSA) is 23.5 Å². The summed E-state index contributed by atoms with van der Waals surface area (Å²) in [4.78, 5) is 2.43. The highest BCUT2D eigenvalue weighted by atomic mass is 16.3. The SMILES string of the molecule is CCC1CN(CC(C)(C)CO)C1. The molecule has 0 spiro atoms. The molecule has 0 bridgehead atoms. The third kappa shape index (κ3) is 2.46. The largest absolute Gasteiger partial charge is 0.396 e. The van der Waals surface area contributed by atoms with E-state index in [2.05, 4.69) is 25.7 Å². The molecule has 1 aliphatic heterocycles. The van der Waals surface area contributed by atoms with Gasteiger partial charge in [-0.2, -0.15) is 0 Å². The quantitative estimate of drug-likeness (QED) is 0.690. The Morgan fingerprint density at radius 1 is 1.42 bits per heavy atom. The predicted molar refractivity (Wildman–Crippen MR) is 51.1 cm³/mol. The van der Waals surface area contributed by atoms with E-state index in [0.29, 0.717) is 6.61 Å². The maximum atomic E-state index is 9.06. The Bertz CT molecular complexity index is 139. The summed E-state index contributed by atoms with van der Waals surface area (Å²) in [5.41, 5.74) is 0.0821. The van der Waals surface area contributed by atoms with Crippen molar-refractivity contribution < 1.29 is 5.11 Å². The normalized spacial score (nSPS) is 21.0. The van der Waals surface area contributed by atoms with Gasteiger partial charge in [0.2, 0.25) is 0 Å². The Labute approximate surface area is 75.6 Å². The summed E-state index contributed by atoms with van der Waals surface area (Å²) >= 11 is 0. The van der Waals surface area contributed by atoms with Crippen LogP contribution in [-0.4, -0.2) is 36.2 Å². The molecule has 1 aliphatic rings. The lowest BCUT2D eigenvalue weighted by atomic mass is 9.89. The van der Waals surface area contributed by atoms with Crippen LogP contribution in [0.3, 0.4) is 0 Å². The van der Waals surface area contributed by atoms with Gasteiger partial charge in [-0.15, -0.1) is 0 Å². The van der Waals surface area contributed by atoms with Crippen molar-refractivity contribution >= 4 is 0 Å². The molecule has 0 aromatic heterocycles. The first kappa shape index (κ1) is 10.0. The van der Waals surface area contributed by atoms with Crippen molar-refractivity contribution in [2.45, 2.75) is 27.2 Å². The summed E-state index contributed by atoms with van der Waals surface area (Å²) in [7, 11) is 0. The Morgan fingerprint density at radius 3 is 2.42 bits per heavy atom. The maximum Gasteiger partial charge on any atom is 0.0494 e. The lowest BCUT2D eigenvalue weighted by molar-refractivity contribution is 0.0323. The molecule has 1 rings (SSSR count).